The van der Waals surface area contributed by atoms with Gasteiger partial charge in [0.15, 0.2) is 0 Å². The molecule has 1 amide bonds. The number of benzene rings is 3. The van der Waals surface area contributed by atoms with Crippen molar-refractivity contribution in [3.63, 3.8) is 0 Å². The Bertz CT molecular complexity index is 1400. The molecule has 3 aromatic rings. The summed E-state index contributed by atoms with van der Waals surface area (Å²) >= 11 is 0. The van der Waals surface area contributed by atoms with Crippen LogP contribution in [-0.2, 0) is 19.6 Å². The topological polar surface area (TPSA) is 105 Å². The molecule has 0 saturated carbocycles. The smallest absolute Gasteiger partial charge is 0.338 e. The molecule has 1 atom stereocenters. The van der Waals surface area contributed by atoms with Gasteiger partial charge >= 0.3 is 5.97 Å². The molecule has 9 heteroatoms. The van der Waals surface area contributed by atoms with Gasteiger partial charge in [0.25, 0.3) is 0 Å². The molecule has 8 nitrogen and oxygen atoms in total. The molecule has 0 aromatic heterocycles. The van der Waals surface area contributed by atoms with Crippen LogP contribution in [0.3, 0.4) is 0 Å². The minimum absolute atomic E-state index is 0.253. The van der Waals surface area contributed by atoms with Crippen LogP contribution in [0.4, 0.5) is 17.1 Å². The van der Waals surface area contributed by atoms with Crippen LogP contribution in [0.2, 0.25) is 0 Å². The van der Waals surface area contributed by atoms with E-state index in [9.17, 15) is 18.0 Å². The molecular formula is C26H25N3O5S. The van der Waals surface area contributed by atoms with Crippen molar-refractivity contribution >= 4 is 44.7 Å². The fraction of sp³-hybridized carbons (Fsp3) is 0.192. The summed E-state index contributed by atoms with van der Waals surface area (Å²) in [6.07, 6.45) is 1.14. The van der Waals surface area contributed by atoms with E-state index >= 15 is 0 Å². The predicted octanol–water partition coefficient (Wildman–Crippen LogP) is 4.12. The second-order valence-corrected chi connectivity index (χ2v) is 10.1. The lowest BCUT2D eigenvalue weighted by atomic mass is 9.90. The standard InChI is InChI=1S/C26H25N3O5S/c1-4-34-26(31)18-10-15-21-22(16-18)28-25(30)23(21)24(17-8-6-5-7-9-17)27-19-11-13-20(14-12-19)29(2)35(3,32)33/h5-16,23H,4H2,1-3H3,(H,28,30). The third-order valence-electron chi connectivity index (χ3n) is 5.70. The minimum atomic E-state index is -3.39. The molecule has 1 unspecified atom stereocenters. The molecule has 35 heavy (non-hydrogen) atoms. The number of amides is 1. The number of hydrogen-bond donors (Lipinski definition) is 1. The van der Waals surface area contributed by atoms with Gasteiger partial charge in [-0.1, -0.05) is 36.4 Å². The van der Waals surface area contributed by atoms with Crippen molar-refractivity contribution in [1.29, 1.82) is 0 Å². The van der Waals surface area contributed by atoms with E-state index in [-0.39, 0.29) is 12.5 Å². The second kappa shape index (κ2) is 9.71. The molecule has 1 aliphatic rings. The number of carbonyl (C=O) groups excluding carboxylic acids is 2. The molecule has 0 radical (unpaired) electrons. The number of rotatable bonds is 7. The van der Waals surface area contributed by atoms with Crippen molar-refractivity contribution in [1.82, 2.24) is 0 Å². The SMILES string of the molecule is CCOC(=O)c1ccc2c(c1)NC(=O)C2C(=Nc1ccc(N(C)S(C)(=O)=O)cc1)c1ccccc1. The normalized spacial score (nSPS) is 15.3. The van der Waals surface area contributed by atoms with Gasteiger partial charge in [0.1, 0.15) is 5.92 Å². The van der Waals surface area contributed by atoms with Crippen LogP contribution in [0.5, 0.6) is 0 Å². The van der Waals surface area contributed by atoms with Crippen molar-refractivity contribution in [2.24, 2.45) is 4.99 Å². The molecule has 1 heterocycles. The molecule has 0 saturated heterocycles. The zero-order valence-corrected chi connectivity index (χ0v) is 20.4. The number of ether oxygens (including phenoxy) is 1. The molecule has 4 rings (SSSR count). The highest BCUT2D eigenvalue weighted by Crippen LogP contribution is 2.37. The number of carbonyl (C=O) groups is 2. The summed E-state index contributed by atoms with van der Waals surface area (Å²) in [5.41, 5.74) is 3.98. The third-order valence-corrected chi connectivity index (χ3v) is 6.90. The predicted molar refractivity (Wildman–Crippen MR) is 136 cm³/mol. The maximum absolute atomic E-state index is 13.1. The Balaban J connectivity index is 1.76. The van der Waals surface area contributed by atoms with Gasteiger partial charge < -0.3 is 10.1 Å². The molecular weight excluding hydrogens is 466 g/mol. The zero-order valence-electron chi connectivity index (χ0n) is 19.6. The number of fused-ring (bicyclic) bond motifs is 1. The minimum Gasteiger partial charge on any atom is -0.462 e. The van der Waals surface area contributed by atoms with Crippen LogP contribution >= 0.6 is 0 Å². The summed E-state index contributed by atoms with van der Waals surface area (Å²) in [4.78, 5) is 30.1. The van der Waals surface area contributed by atoms with Gasteiger partial charge in [-0.25, -0.2) is 13.2 Å². The second-order valence-electron chi connectivity index (χ2n) is 8.05. The molecule has 0 spiro atoms. The summed E-state index contributed by atoms with van der Waals surface area (Å²) in [5.74, 6) is -1.40. The quantitative estimate of drug-likeness (QED) is 0.395. The highest BCUT2D eigenvalue weighted by Gasteiger charge is 2.36. The van der Waals surface area contributed by atoms with Crippen molar-refractivity contribution in [2.75, 3.05) is 29.5 Å². The lowest BCUT2D eigenvalue weighted by Gasteiger charge is -2.17. The molecule has 180 valence electrons. The molecule has 1 N–H and O–H groups in total. The van der Waals surface area contributed by atoms with Crippen molar-refractivity contribution in [2.45, 2.75) is 12.8 Å². The molecule has 0 aliphatic carbocycles. The average Bonchev–Trinajstić information content (AvgIpc) is 3.17. The first-order valence-electron chi connectivity index (χ1n) is 11.0. The van der Waals surface area contributed by atoms with E-state index in [1.54, 1.807) is 49.4 Å². The van der Waals surface area contributed by atoms with Crippen LogP contribution in [0, 0.1) is 0 Å². The number of nitrogens with one attached hydrogen (secondary N) is 1. The van der Waals surface area contributed by atoms with Crippen LogP contribution in [-0.4, -0.2) is 45.9 Å². The van der Waals surface area contributed by atoms with Gasteiger partial charge in [0.05, 0.1) is 35.5 Å². The Labute approximate surface area is 204 Å². The summed E-state index contributed by atoms with van der Waals surface area (Å²) < 4.78 is 29.9. The first kappa shape index (κ1) is 24.2. The molecule has 0 bridgehead atoms. The maximum atomic E-state index is 13.1. The Morgan fingerprint density at radius 2 is 1.71 bits per heavy atom. The van der Waals surface area contributed by atoms with E-state index in [4.69, 9.17) is 9.73 Å². The van der Waals surface area contributed by atoms with Crippen molar-refractivity contribution < 1.29 is 22.7 Å². The van der Waals surface area contributed by atoms with Gasteiger partial charge in [-0.05, 0) is 54.4 Å². The van der Waals surface area contributed by atoms with Crippen LogP contribution in [0.1, 0.15) is 34.3 Å². The number of nitrogens with zero attached hydrogens (tertiary/aromatic N) is 2. The summed E-state index contributed by atoms with van der Waals surface area (Å²) in [5, 5.41) is 2.86. The summed E-state index contributed by atoms with van der Waals surface area (Å²) in [7, 11) is -1.91. The number of esters is 1. The molecule has 3 aromatic carbocycles. The van der Waals surface area contributed by atoms with Gasteiger partial charge in [-0.2, -0.15) is 0 Å². The van der Waals surface area contributed by atoms with E-state index in [0.29, 0.717) is 33.9 Å². The van der Waals surface area contributed by atoms with Gasteiger partial charge in [0, 0.05) is 12.7 Å². The first-order valence-corrected chi connectivity index (χ1v) is 12.8. The van der Waals surface area contributed by atoms with Crippen LogP contribution in [0.25, 0.3) is 0 Å². The van der Waals surface area contributed by atoms with Crippen molar-refractivity contribution in [3.05, 3.63) is 89.5 Å². The first-order chi connectivity index (χ1) is 16.7. The van der Waals surface area contributed by atoms with Gasteiger partial charge in [-0.15, -0.1) is 0 Å². The van der Waals surface area contributed by atoms with E-state index in [1.807, 2.05) is 30.3 Å². The average molecular weight is 492 g/mol. The lowest BCUT2D eigenvalue weighted by Crippen LogP contribution is -2.24. The Kier molecular flexibility index (Phi) is 6.70. The highest BCUT2D eigenvalue weighted by molar-refractivity contribution is 7.92. The lowest BCUT2D eigenvalue weighted by molar-refractivity contribution is -0.115. The van der Waals surface area contributed by atoms with Crippen LogP contribution in [0.15, 0.2) is 77.8 Å². The summed E-state index contributed by atoms with van der Waals surface area (Å²) in [6.45, 7) is 1.99. The van der Waals surface area contributed by atoms with E-state index < -0.39 is 21.9 Å². The molecule has 1 aliphatic heterocycles. The van der Waals surface area contributed by atoms with E-state index in [1.165, 1.54) is 11.4 Å². The number of hydrogen-bond acceptors (Lipinski definition) is 6. The van der Waals surface area contributed by atoms with Gasteiger partial charge in [0.2, 0.25) is 15.9 Å². The Hall–Kier alpha value is -3.98. The van der Waals surface area contributed by atoms with Gasteiger partial charge in [-0.3, -0.25) is 14.1 Å². The number of sulfonamides is 1. The highest BCUT2D eigenvalue weighted by atomic mass is 32.2. The van der Waals surface area contributed by atoms with E-state index in [0.717, 1.165) is 11.8 Å². The fourth-order valence-electron chi connectivity index (χ4n) is 3.85. The summed E-state index contributed by atoms with van der Waals surface area (Å²) in [6, 6.07) is 21.1. The van der Waals surface area contributed by atoms with E-state index in [2.05, 4.69) is 5.32 Å². The van der Waals surface area contributed by atoms with Crippen molar-refractivity contribution in [3.8, 4) is 0 Å². The fourth-order valence-corrected chi connectivity index (χ4v) is 4.35. The Morgan fingerprint density at radius 1 is 1.03 bits per heavy atom. The number of anilines is 2. The Morgan fingerprint density at radius 3 is 2.34 bits per heavy atom. The van der Waals surface area contributed by atoms with Crippen LogP contribution < -0.4 is 9.62 Å². The largest absolute Gasteiger partial charge is 0.462 e. The monoisotopic (exact) mass is 491 g/mol. The maximum Gasteiger partial charge on any atom is 0.338 e. The number of aliphatic imine (C=N–C) groups is 1. The third kappa shape index (κ3) is 5.09. The molecule has 0 fully saturated rings. The zero-order chi connectivity index (χ0) is 25.2.